The van der Waals surface area contributed by atoms with E-state index in [1.54, 1.807) is 0 Å². The number of carbonyl (C=O) groups is 1. The molecule has 1 atom stereocenters. The van der Waals surface area contributed by atoms with Gasteiger partial charge in [-0.2, -0.15) is 0 Å². The highest BCUT2D eigenvalue weighted by Gasteiger charge is 2.30. The van der Waals surface area contributed by atoms with Crippen molar-refractivity contribution in [3.63, 3.8) is 0 Å². The second-order valence-electron chi connectivity index (χ2n) is 9.05. The van der Waals surface area contributed by atoms with Crippen molar-refractivity contribution < 1.29 is 4.79 Å². The van der Waals surface area contributed by atoms with Crippen LogP contribution >= 0.6 is 0 Å². The minimum absolute atomic E-state index is 0.0484. The highest BCUT2D eigenvalue weighted by atomic mass is 16.2. The van der Waals surface area contributed by atoms with E-state index in [-0.39, 0.29) is 11.8 Å². The van der Waals surface area contributed by atoms with Gasteiger partial charge in [-0.05, 0) is 50.8 Å². The van der Waals surface area contributed by atoms with E-state index in [9.17, 15) is 4.79 Å². The summed E-state index contributed by atoms with van der Waals surface area (Å²) in [5.41, 5.74) is 4.01. The van der Waals surface area contributed by atoms with Crippen molar-refractivity contribution in [2.45, 2.75) is 57.9 Å². The maximum atomic E-state index is 13.7. The molecule has 0 aromatic carbocycles. The number of hydrogen-bond acceptors (Lipinski definition) is 5. The fourth-order valence-electron chi connectivity index (χ4n) is 5.26. The normalized spacial score (nSPS) is 19.3. The number of carbonyl (C=O) groups excluding carboxylic acids is 1. The second-order valence-corrected chi connectivity index (χ2v) is 9.05. The second kappa shape index (κ2) is 7.69. The van der Waals surface area contributed by atoms with Crippen LogP contribution in [0.2, 0.25) is 0 Å². The fraction of sp³-hybridized carbons (Fsp3) is 0.458. The molecule has 1 saturated heterocycles. The number of rotatable bonds is 2. The van der Waals surface area contributed by atoms with Crippen molar-refractivity contribution in [1.29, 1.82) is 0 Å². The molecule has 0 spiro atoms. The van der Waals surface area contributed by atoms with Gasteiger partial charge in [0.25, 0.3) is 5.91 Å². The lowest BCUT2D eigenvalue weighted by Gasteiger charge is -2.32. The van der Waals surface area contributed by atoms with Gasteiger partial charge in [0, 0.05) is 43.9 Å². The van der Waals surface area contributed by atoms with Crippen molar-refractivity contribution in [3.05, 3.63) is 53.4 Å². The van der Waals surface area contributed by atoms with Gasteiger partial charge in [-0.15, -0.1) is 10.2 Å². The average molecular weight is 430 g/mol. The highest BCUT2D eigenvalue weighted by molar-refractivity contribution is 6.04. The molecular weight excluding hydrogens is 402 g/mol. The van der Waals surface area contributed by atoms with E-state index in [1.165, 1.54) is 6.42 Å². The Hall–Kier alpha value is -3.29. The SMILES string of the molecule is Cc1cc(C(=O)N2CCCC(c3nnc4ccccn34)C2)c2nc3n(c2n1)CCCCC3. The number of aryl methyl sites for hydroxylation is 3. The molecular formula is C24H27N7O. The van der Waals surface area contributed by atoms with E-state index in [0.29, 0.717) is 12.1 Å². The minimum atomic E-state index is 0.0484. The van der Waals surface area contributed by atoms with Gasteiger partial charge in [-0.3, -0.25) is 9.20 Å². The molecule has 6 rings (SSSR count). The quantitative estimate of drug-likeness (QED) is 0.487. The largest absolute Gasteiger partial charge is 0.338 e. The Morgan fingerprint density at radius 2 is 2.00 bits per heavy atom. The number of aromatic nitrogens is 6. The van der Waals surface area contributed by atoms with Crippen LogP contribution in [0.5, 0.6) is 0 Å². The van der Waals surface area contributed by atoms with Crippen LogP contribution in [0.4, 0.5) is 0 Å². The predicted octanol–water partition coefficient (Wildman–Crippen LogP) is 3.53. The van der Waals surface area contributed by atoms with Crippen molar-refractivity contribution in [3.8, 4) is 0 Å². The molecule has 4 aromatic heterocycles. The van der Waals surface area contributed by atoms with Gasteiger partial charge in [0.2, 0.25) is 0 Å². The molecule has 164 valence electrons. The molecule has 1 fully saturated rings. The number of likely N-dealkylation sites (tertiary alicyclic amines) is 1. The van der Waals surface area contributed by atoms with Gasteiger partial charge in [-0.25, -0.2) is 9.97 Å². The molecule has 0 N–H and O–H groups in total. The van der Waals surface area contributed by atoms with Crippen molar-refractivity contribution in [2.24, 2.45) is 0 Å². The molecule has 0 aliphatic carbocycles. The first-order valence-electron chi connectivity index (χ1n) is 11.6. The summed E-state index contributed by atoms with van der Waals surface area (Å²) in [7, 11) is 0. The molecule has 4 aromatic rings. The maximum absolute atomic E-state index is 13.7. The van der Waals surface area contributed by atoms with Gasteiger partial charge in [0.15, 0.2) is 11.3 Å². The first-order chi connectivity index (χ1) is 15.7. The topological polar surface area (TPSA) is 81.2 Å². The van der Waals surface area contributed by atoms with Crippen LogP contribution in [0.1, 0.15) is 65.7 Å². The Morgan fingerprint density at radius 1 is 1.06 bits per heavy atom. The van der Waals surface area contributed by atoms with Gasteiger partial charge in [0.1, 0.15) is 17.2 Å². The zero-order chi connectivity index (χ0) is 21.7. The number of pyridine rings is 2. The molecule has 8 nitrogen and oxygen atoms in total. The number of piperidine rings is 1. The summed E-state index contributed by atoms with van der Waals surface area (Å²) >= 11 is 0. The smallest absolute Gasteiger partial charge is 0.256 e. The van der Waals surface area contributed by atoms with Crippen molar-refractivity contribution >= 4 is 22.7 Å². The van der Waals surface area contributed by atoms with E-state index in [1.807, 2.05) is 46.7 Å². The van der Waals surface area contributed by atoms with Crippen LogP contribution < -0.4 is 0 Å². The number of imidazole rings is 1. The molecule has 32 heavy (non-hydrogen) atoms. The van der Waals surface area contributed by atoms with Crippen LogP contribution in [0, 0.1) is 6.92 Å². The summed E-state index contributed by atoms with van der Waals surface area (Å²) in [5, 5.41) is 8.76. The Kier molecular flexibility index (Phi) is 4.66. The summed E-state index contributed by atoms with van der Waals surface area (Å²) in [6.07, 6.45) is 8.40. The summed E-state index contributed by atoms with van der Waals surface area (Å²) in [5.74, 6) is 2.22. The standard InChI is InChI=1S/C24H27N7O/c1-16-14-18(21-23(25-16)30-12-5-2-3-9-19(30)26-21)24(32)29-11-7-8-17(15-29)22-28-27-20-10-4-6-13-31(20)22/h4,6,10,13-14,17H,2-3,5,7-9,11-12,15H2,1H3. The lowest BCUT2D eigenvalue weighted by molar-refractivity contribution is 0.0706. The zero-order valence-corrected chi connectivity index (χ0v) is 18.4. The summed E-state index contributed by atoms with van der Waals surface area (Å²) in [6.45, 7) is 4.29. The van der Waals surface area contributed by atoms with E-state index in [0.717, 1.165) is 79.3 Å². The minimum Gasteiger partial charge on any atom is -0.338 e. The van der Waals surface area contributed by atoms with Gasteiger partial charge in [0.05, 0.1) is 5.56 Å². The van der Waals surface area contributed by atoms with E-state index in [2.05, 4.69) is 14.8 Å². The summed E-state index contributed by atoms with van der Waals surface area (Å²) in [4.78, 5) is 25.4. The van der Waals surface area contributed by atoms with E-state index in [4.69, 9.17) is 9.97 Å². The van der Waals surface area contributed by atoms with Crippen molar-refractivity contribution in [1.82, 2.24) is 34.0 Å². The van der Waals surface area contributed by atoms with Crippen LogP contribution in [0.25, 0.3) is 16.8 Å². The van der Waals surface area contributed by atoms with Crippen LogP contribution in [-0.4, -0.2) is 53.0 Å². The maximum Gasteiger partial charge on any atom is 0.256 e. The number of fused-ring (bicyclic) bond motifs is 4. The number of hydrogen-bond donors (Lipinski definition) is 0. The van der Waals surface area contributed by atoms with Crippen molar-refractivity contribution in [2.75, 3.05) is 13.1 Å². The molecule has 1 unspecified atom stereocenters. The molecule has 2 aliphatic heterocycles. The Balaban J connectivity index is 1.35. The van der Waals surface area contributed by atoms with Gasteiger partial charge >= 0.3 is 0 Å². The van der Waals surface area contributed by atoms with E-state index < -0.39 is 0 Å². The lowest BCUT2D eigenvalue weighted by Crippen LogP contribution is -2.39. The lowest BCUT2D eigenvalue weighted by atomic mass is 9.96. The number of amides is 1. The zero-order valence-electron chi connectivity index (χ0n) is 18.4. The van der Waals surface area contributed by atoms with Crippen LogP contribution in [0.15, 0.2) is 30.5 Å². The van der Waals surface area contributed by atoms with Crippen LogP contribution in [0.3, 0.4) is 0 Å². The van der Waals surface area contributed by atoms with Crippen LogP contribution in [-0.2, 0) is 13.0 Å². The third kappa shape index (κ3) is 3.16. The Bertz CT molecular complexity index is 1320. The molecule has 0 radical (unpaired) electrons. The average Bonchev–Trinajstić information content (AvgIpc) is 3.31. The third-order valence-electron chi connectivity index (χ3n) is 6.84. The number of nitrogens with zero attached hydrogens (tertiary/aromatic N) is 7. The first kappa shape index (κ1) is 19.4. The Labute approximate surface area is 186 Å². The molecule has 1 amide bonds. The molecule has 8 heteroatoms. The molecule has 0 saturated carbocycles. The third-order valence-corrected chi connectivity index (χ3v) is 6.84. The fourth-order valence-corrected chi connectivity index (χ4v) is 5.26. The molecule has 6 heterocycles. The van der Waals surface area contributed by atoms with Gasteiger partial charge in [-0.1, -0.05) is 12.5 Å². The summed E-state index contributed by atoms with van der Waals surface area (Å²) in [6, 6.07) is 7.83. The van der Waals surface area contributed by atoms with Gasteiger partial charge < -0.3 is 9.47 Å². The molecule has 2 aliphatic rings. The molecule has 0 bridgehead atoms. The summed E-state index contributed by atoms with van der Waals surface area (Å²) < 4.78 is 4.27. The monoisotopic (exact) mass is 429 g/mol. The Morgan fingerprint density at radius 3 is 2.94 bits per heavy atom. The highest BCUT2D eigenvalue weighted by Crippen LogP contribution is 2.29. The predicted molar refractivity (Wildman–Crippen MR) is 121 cm³/mol. The van der Waals surface area contributed by atoms with E-state index >= 15 is 0 Å². The first-order valence-corrected chi connectivity index (χ1v) is 11.6.